The van der Waals surface area contributed by atoms with E-state index < -0.39 is 0 Å². The summed E-state index contributed by atoms with van der Waals surface area (Å²) in [7, 11) is 0. The van der Waals surface area contributed by atoms with Gasteiger partial charge in [0, 0.05) is 9.30 Å². The number of halogens is 2. The van der Waals surface area contributed by atoms with Crippen molar-refractivity contribution in [1.82, 2.24) is 0 Å². The molecule has 0 heterocycles. The van der Waals surface area contributed by atoms with Gasteiger partial charge in [0.05, 0.1) is 0 Å². The second kappa shape index (κ2) is 7.45. The summed E-state index contributed by atoms with van der Waals surface area (Å²) in [5.74, 6) is 0. The SMILES string of the molecule is BrC1CCCCC1.Cc1ccc(Br)cc1. The van der Waals surface area contributed by atoms with Gasteiger partial charge >= 0.3 is 0 Å². The lowest BCUT2D eigenvalue weighted by atomic mass is 10.0. The number of hydrogen-bond acceptors (Lipinski definition) is 0. The summed E-state index contributed by atoms with van der Waals surface area (Å²) >= 11 is 6.93. The third-order valence-electron chi connectivity index (χ3n) is 2.55. The smallest absolute Gasteiger partial charge is 0.0175 e. The molecule has 0 bridgehead atoms. The van der Waals surface area contributed by atoms with E-state index in [2.05, 4.69) is 50.9 Å². The van der Waals surface area contributed by atoms with Crippen molar-refractivity contribution in [2.24, 2.45) is 0 Å². The van der Waals surface area contributed by atoms with Crippen molar-refractivity contribution in [2.75, 3.05) is 0 Å². The summed E-state index contributed by atoms with van der Waals surface area (Å²) in [5.41, 5.74) is 1.30. The third-order valence-corrected chi connectivity index (χ3v) is 3.99. The van der Waals surface area contributed by atoms with Crippen LogP contribution >= 0.6 is 31.9 Å². The molecule has 0 unspecified atom stereocenters. The molecule has 0 amide bonds. The van der Waals surface area contributed by atoms with Crippen LogP contribution in [-0.4, -0.2) is 4.83 Å². The zero-order valence-corrected chi connectivity index (χ0v) is 12.4. The first-order chi connectivity index (χ1) is 7.18. The lowest BCUT2D eigenvalue weighted by molar-refractivity contribution is 0.521. The molecule has 0 radical (unpaired) electrons. The van der Waals surface area contributed by atoms with Gasteiger partial charge in [-0.15, -0.1) is 0 Å². The molecule has 0 nitrogen and oxygen atoms in total. The normalized spacial score (nSPS) is 16.7. The largest absolute Gasteiger partial charge is 0.0891 e. The maximum absolute atomic E-state index is 3.59. The molecule has 0 aromatic heterocycles. The maximum atomic E-state index is 3.59. The molecule has 84 valence electrons. The topological polar surface area (TPSA) is 0 Å². The van der Waals surface area contributed by atoms with Gasteiger partial charge in [-0.05, 0) is 31.9 Å². The molecular weight excluding hydrogens is 316 g/mol. The fraction of sp³-hybridized carbons (Fsp3) is 0.538. The molecule has 1 aliphatic carbocycles. The number of alkyl halides is 1. The molecule has 2 rings (SSSR count). The Hall–Kier alpha value is 0.180. The monoisotopic (exact) mass is 332 g/mol. The van der Waals surface area contributed by atoms with E-state index in [4.69, 9.17) is 0 Å². The van der Waals surface area contributed by atoms with Gasteiger partial charge in [-0.2, -0.15) is 0 Å². The highest BCUT2D eigenvalue weighted by Gasteiger charge is 2.07. The van der Waals surface area contributed by atoms with E-state index in [1.165, 1.54) is 37.7 Å². The Kier molecular flexibility index (Phi) is 6.58. The van der Waals surface area contributed by atoms with Crippen molar-refractivity contribution in [3.63, 3.8) is 0 Å². The van der Waals surface area contributed by atoms with Crippen molar-refractivity contribution in [1.29, 1.82) is 0 Å². The van der Waals surface area contributed by atoms with E-state index in [-0.39, 0.29) is 0 Å². The summed E-state index contributed by atoms with van der Waals surface area (Å²) in [5, 5.41) is 0. The molecule has 0 saturated heterocycles. The Morgan fingerprint density at radius 1 is 1.00 bits per heavy atom. The minimum atomic E-state index is 0.848. The second-order valence-electron chi connectivity index (χ2n) is 4.03. The van der Waals surface area contributed by atoms with E-state index in [0.29, 0.717) is 0 Å². The average Bonchev–Trinajstić information content (AvgIpc) is 2.25. The Morgan fingerprint density at radius 2 is 1.53 bits per heavy atom. The number of aryl methyl sites for hydroxylation is 1. The molecule has 0 N–H and O–H groups in total. The molecule has 2 heteroatoms. The first-order valence-corrected chi connectivity index (χ1v) is 7.25. The van der Waals surface area contributed by atoms with Crippen molar-refractivity contribution in [3.05, 3.63) is 34.3 Å². The molecule has 1 aromatic rings. The Labute approximate surface area is 110 Å². The minimum Gasteiger partial charge on any atom is -0.0891 e. The highest BCUT2D eigenvalue weighted by Crippen LogP contribution is 2.22. The predicted molar refractivity (Wildman–Crippen MR) is 74.7 cm³/mol. The van der Waals surface area contributed by atoms with Crippen LogP contribution in [0.3, 0.4) is 0 Å². The lowest BCUT2D eigenvalue weighted by Crippen LogP contribution is -2.02. The van der Waals surface area contributed by atoms with Gasteiger partial charge in [-0.3, -0.25) is 0 Å². The Morgan fingerprint density at radius 3 is 1.87 bits per heavy atom. The van der Waals surface area contributed by atoms with E-state index in [9.17, 15) is 0 Å². The van der Waals surface area contributed by atoms with Crippen LogP contribution in [0.2, 0.25) is 0 Å². The van der Waals surface area contributed by atoms with E-state index in [1.807, 2.05) is 12.1 Å². The van der Waals surface area contributed by atoms with Crippen LogP contribution in [-0.2, 0) is 0 Å². The molecule has 1 fully saturated rings. The maximum Gasteiger partial charge on any atom is 0.0175 e. The lowest BCUT2D eigenvalue weighted by Gasteiger charge is -2.13. The molecular formula is C13H18Br2. The van der Waals surface area contributed by atoms with Crippen molar-refractivity contribution in [2.45, 2.75) is 43.9 Å². The zero-order valence-electron chi connectivity index (χ0n) is 9.18. The van der Waals surface area contributed by atoms with Gasteiger partial charge in [-0.1, -0.05) is 68.8 Å². The van der Waals surface area contributed by atoms with Gasteiger partial charge < -0.3 is 0 Å². The first kappa shape index (κ1) is 13.2. The van der Waals surface area contributed by atoms with Crippen LogP contribution in [0.25, 0.3) is 0 Å². The molecule has 0 spiro atoms. The fourth-order valence-corrected chi connectivity index (χ4v) is 2.50. The Balaban J connectivity index is 0.000000151. The fourth-order valence-electron chi connectivity index (χ4n) is 1.59. The van der Waals surface area contributed by atoms with Crippen LogP contribution in [0.4, 0.5) is 0 Å². The molecule has 1 aliphatic rings. The van der Waals surface area contributed by atoms with Gasteiger partial charge in [-0.25, -0.2) is 0 Å². The highest BCUT2D eigenvalue weighted by atomic mass is 79.9. The average molecular weight is 334 g/mol. The Bertz CT molecular complexity index is 239. The van der Waals surface area contributed by atoms with E-state index >= 15 is 0 Å². The zero-order chi connectivity index (χ0) is 11.1. The first-order valence-electron chi connectivity index (χ1n) is 5.55. The third kappa shape index (κ3) is 6.36. The number of hydrogen-bond donors (Lipinski definition) is 0. The summed E-state index contributed by atoms with van der Waals surface area (Å²) < 4.78 is 1.14. The highest BCUT2D eigenvalue weighted by molar-refractivity contribution is 9.10. The summed E-state index contributed by atoms with van der Waals surface area (Å²) in [6.45, 7) is 2.08. The van der Waals surface area contributed by atoms with E-state index in [1.54, 1.807) is 0 Å². The summed E-state index contributed by atoms with van der Waals surface area (Å²) in [4.78, 5) is 0.848. The van der Waals surface area contributed by atoms with Crippen LogP contribution in [0.15, 0.2) is 28.7 Å². The van der Waals surface area contributed by atoms with Crippen molar-refractivity contribution < 1.29 is 0 Å². The van der Waals surface area contributed by atoms with Gasteiger partial charge in [0.25, 0.3) is 0 Å². The number of rotatable bonds is 0. The van der Waals surface area contributed by atoms with Crippen LogP contribution < -0.4 is 0 Å². The van der Waals surface area contributed by atoms with Crippen molar-refractivity contribution in [3.8, 4) is 0 Å². The van der Waals surface area contributed by atoms with Crippen LogP contribution in [0.5, 0.6) is 0 Å². The van der Waals surface area contributed by atoms with Crippen LogP contribution in [0.1, 0.15) is 37.7 Å². The quantitative estimate of drug-likeness (QED) is 0.552. The van der Waals surface area contributed by atoms with E-state index in [0.717, 1.165) is 9.30 Å². The minimum absolute atomic E-state index is 0.848. The molecule has 15 heavy (non-hydrogen) atoms. The van der Waals surface area contributed by atoms with Gasteiger partial charge in [0.2, 0.25) is 0 Å². The van der Waals surface area contributed by atoms with Gasteiger partial charge in [0.15, 0.2) is 0 Å². The molecule has 1 aromatic carbocycles. The molecule has 0 atom stereocenters. The molecule has 0 aliphatic heterocycles. The summed E-state index contributed by atoms with van der Waals surface area (Å²) in [6, 6.07) is 8.22. The van der Waals surface area contributed by atoms with Crippen molar-refractivity contribution >= 4 is 31.9 Å². The second-order valence-corrected chi connectivity index (χ2v) is 6.24. The number of benzene rings is 1. The predicted octanol–water partition coefficient (Wildman–Crippen LogP) is 5.47. The standard InChI is InChI=1S/C7H7Br.C6H11Br/c1-6-2-4-7(8)5-3-6;7-6-4-2-1-3-5-6/h2-5H,1H3;6H,1-5H2. The van der Waals surface area contributed by atoms with Gasteiger partial charge in [0.1, 0.15) is 0 Å². The summed E-state index contributed by atoms with van der Waals surface area (Å²) in [6.07, 6.45) is 7.15. The molecule has 1 saturated carbocycles. The van der Waals surface area contributed by atoms with Crippen LogP contribution in [0, 0.1) is 6.92 Å².